The van der Waals surface area contributed by atoms with Gasteiger partial charge in [-0.15, -0.1) is 11.8 Å². The van der Waals surface area contributed by atoms with E-state index in [2.05, 4.69) is 4.98 Å². The number of nitro benzene ring substituents is 1. The standard InChI is InChI=1S/C12H10N2O4S/c15-11(16)5-7-19-10-4-3-9-8(2-1-6-13-9)12(10)14(17)18/h1-4,6H,5,7H2,(H,15,16). The number of nitro groups is 1. The summed E-state index contributed by atoms with van der Waals surface area (Å²) in [5, 5.41) is 20.2. The molecule has 6 nitrogen and oxygen atoms in total. The molecule has 1 aromatic heterocycles. The van der Waals surface area contributed by atoms with Gasteiger partial charge >= 0.3 is 5.97 Å². The number of rotatable bonds is 5. The average molecular weight is 278 g/mol. The first-order chi connectivity index (χ1) is 9.09. The summed E-state index contributed by atoms with van der Waals surface area (Å²) in [6.45, 7) is 0. The van der Waals surface area contributed by atoms with E-state index in [-0.39, 0.29) is 12.1 Å². The van der Waals surface area contributed by atoms with E-state index in [1.54, 1.807) is 30.5 Å². The molecule has 0 fully saturated rings. The van der Waals surface area contributed by atoms with Gasteiger partial charge in [0.1, 0.15) is 0 Å². The molecular formula is C12H10N2O4S. The number of carbonyl (C=O) groups is 1. The number of thioether (sulfide) groups is 1. The lowest BCUT2D eigenvalue weighted by Gasteiger charge is -2.04. The van der Waals surface area contributed by atoms with Crippen molar-refractivity contribution in [2.75, 3.05) is 5.75 Å². The molecule has 0 saturated heterocycles. The maximum absolute atomic E-state index is 11.2. The molecule has 0 spiro atoms. The Balaban J connectivity index is 2.40. The van der Waals surface area contributed by atoms with E-state index < -0.39 is 10.9 Å². The Bertz CT molecular complexity index is 645. The Hall–Kier alpha value is -2.15. The summed E-state index contributed by atoms with van der Waals surface area (Å²) in [5.41, 5.74) is 0.540. The van der Waals surface area contributed by atoms with Crippen LogP contribution in [0, 0.1) is 10.1 Å². The molecule has 98 valence electrons. The van der Waals surface area contributed by atoms with E-state index in [0.29, 0.717) is 21.6 Å². The first-order valence-corrected chi connectivity index (χ1v) is 6.45. The van der Waals surface area contributed by atoms with E-state index in [9.17, 15) is 14.9 Å². The second-order valence-corrected chi connectivity index (χ2v) is 4.87. The second-order valence-electron chi connectivity index (χ2n) is 3.73. The summed E-state index contributed by atoms with van der Waals surface area (Å²) in [5.74, 6) is -0.625. The van der Waals surface area contributed by atoms with Gasteiger partial charge in [-0.3, -0.25) is 19.9 Å². The minimum Gasteiger partial charge on any atom is -0.481 e. The van der Waals surface area contributed by atoms with Crippen LogP contribution in [0.15, 0.2) is 35.4 Å². The predicted octanol–water partition coefficient (Wildman–Crippen LogP) is 2.71. The third kappa shape index (κ3) is 3.00. The van der Waals surface area contributed by atoms with Gasteiger partial charge in [0, 0.05) is 11.9 Å². The minimum absolute atomic E-state index is 0.0130. The van der Waals surface area contributed by atoms with Crippen LogP contribution in [0.3, 0.4) is 0 Å². The van der Waals surface area contributed by atoms with Crippen molar-refractivity contribution in [3.8, 4) is 0 Å². The van der Waals surface area contributed by atoms with Crippen LogP contribution in [0.4, 0.5) is 5.69 Å². The fraction of sp³-hybridized carbons (Fsp3) is 0.167. The number of carboxylic acids is 1. The number of pyridine rings is 1. The van der Waals surface area contributed by atoms with Crippen molar-refractivity contribution >= 4 is 34.3 Å². The van der Waals surface area contributed by atoms with Gasteiger partial charge in [0.15, 0.2) is 0 Å². The van der Waals surface area contributed by atoms with E-state index in [0.717, 1.165) is 0 Å². The Morgan fingerprint density at radius 3 is 2.89 bits per heavy atom. The maximum atomic E-state index is 11.2. The van der Waals surface area contributed by atoms with Crippen LogP contribution in [0.1, 0.15) is 6.42 Å². The van der Waals surface area contributed by atoms with Gasteiger partial charge in [0.2, 0.25) is 0 Å². The molecule has 1 heterocycles. The number of hydrogen-bond donors (Lipinski definition) is 1. The molecule has 2 aromatic rings. The lowest BCUT2D eigenvalue weighted by molar-refractivity contribution is -0.385. The van der Waals surface area contributed by atoms with Gasteiger partial charge in [0.05, 0.1) is 27.1 Å². The quantitative estimate of drug-likeness (QED) is 0.513. The number of aliphatic carboxylic acids is 1. The Labute approximate surface area is 112 Å². The normalized spacial score (nSPS) is 10.5. The lowest BCUT2D eigenvalue weighted by Crippen LogP contribution is -1.97. The SMILES string of the molecule is O=C(O)CCSc1ccc2ncccc2c1[N+](=O)[O-]. The summed E-state index contributed by atoms with van der Waals surface area (Å²) in [7, 11) is 0. The summed E-state index contributed by atoms with van der Waals surface area (Å²) in [6.07, 6.45) is 1.54. The first-order valence-electron chi connectivity index (χ1n) is 5.46. The van der Waals surface area contributed by atoms with Gasteiger partial charge in [-0.05, 0) is 24.3 Å². The zero-order valence-electron chi connectivity index (χ0n) is 9.78. The first kappa shape index (κ1) is 13.3. The second kappa shape index (κ2) is 5.66. The number of carboxylic acid groups (broad SMARTS) is 1. The highest BCUT2D eigenvalue weighted by Crippen LogP contribution is 2.35. The maximum Gasteiger partial charge on any atom is 0.304 e. The van der Waals surface area contributed by atoms with Crippen LogP contribution in [-0.2, 0) is 4.79 Å². The largest absolute Gasteiger partial charge is 0.481 e. The van der Waals surface area contributed by atoms with Crippen LogP contribution >= 0.6 is 11.8 Å². The van der Waals surface area contributed by atoms with Crippen LogP contribution in [0.25, 0.3) is 10.9 Å². The van der Waals surface area contributed by atoms with E-state index >= 15 is 0 Å². The van der Waals surface area contributed by atoms with Crippen LogP contribution in [0.2, 0.25) is 0 Å². The Morgan fingerprint density at radius 1 is 1.42 bits per heavy atom. The molecule has 0 aliphatic carbocycles. The van der Waals surface area contributed by atoms with Crippen molar-refractivity contribution in [1.29, 1.82) is 0 Å². The highest BCUT2D eigenvalue weighted by molar-refractivity contribution is 7.99. The molecule has 0 amide bonds. The fourth-order valence-electron chi connectivity index (χ4n) is 1.67. The summed E-state index contributed by atoms with van der Waals surface area (Å²) >= 11 is 1.17. The van der Waals surface area contributed by atoms with Gasteiger partial charge in [-0.25, -0.2) is 0 Å². The monoisotopic (exact) mass is 278 g/mol. The van der Waals surface area contributed by atoms with E-state index in [1.807, 2.05) is 0 Å². The minimum atomic E-state index is -0.919. The van der Waals surface area contributed by atoms with Gasteiger partial charge in [-0.1, -0.05) is 0 Å². The van der Waals surface area contributed by atoms with E-state index in [4.69, 9.17) is 5.11 Å². The van der Waals surface area contributed by atoms with Crippen LogP contribution < -0.4 is 0 Å². The number of fused-ring (bicyclic) bond motifs is 1. The molecule has 19 heavy (non-hydrogen) atoms. The number of benzene rings is 1. The molecule has 0 bridgehead atoms. The number of hydrogen-bond acceptors (Lipinski definition) is 5. The zero-order valence-corrected chi connectivity index (χ0v) is 10.6. The molecule has 1 N–H and O–H groups in total. The van der Waals surface area contributed by atoms with E-state index in [1.165, 1.54) is 11.8 Å². The smallest absolute Gasteiger partial charge is 0.304 e. The molecular weight excluding hydrogens is 268 g/mol. The Kier molecular flexibility index (Phi) is 3.96. The van der Waals surface area contributed by atoms with Crippen molar-refractivity contribution in [3.63, 3.8) is 0 Å². The number of aromatic nitrogens is 1. The van der Waals surface area contributed by atoms with Crippen molar-refractivity contribution in [3.05, 3.63) is 40.6 Å². The fourth-order valence-corrected chi connectivity index (χ4v) is 2.65. The molecule has 0 aliphatic heterocycles. The van der Waals surface area contributed by atoms with Crippen LogP contribution in [-0.4, -0.2) is 26.7 Å². The zero-order chi connectivity index (χ0) is 13.8. The third-order valence-electron chi connectivity index (χ3n) is 2.48. The molecule has 0 saturated carbocycles. The molecule has 0 radical (unpaired) electrons. The number of nitrogens with zero attached hydrogens (tertiary/aromatic N) is 2. The summed E-state index contributed by atoms with van der Waals surface area (Å²) in [6, 6.07) is 6.59. The molecule has 0 aliphatic rings. The third-order valence-corrected chi connectivity index (χ3v) is 3.52. The molecule has 0 atom stereocenters. The van der Waals surface area contributed by atoms with Gasteiger partial charge in [-0.2, -0.15) is 0 Å². The molecule has 7 heteroatoms. The molecule has 1 aromatic carbocycles. The van der Waals surface area contributed by atoms with Crippen molar-refractivity contribution in [2.45, 2.75) is 11.3 Å². The lowest BCUT2D eigenvalue weighted by atomic mass is 10.2. The predicted molar refractivity (Wildman–Crippen MR) is 71.4 cm³/mol. The highest BCUT2D eigenvalue weighted by Gasteiger charge is 2.19. The van der Waals surface area contributed by atoms with Crippen LogP contribution in [0.5, 0.6) is 0 Å². The van der Waals surface area contributed by atoms with Crippen molar-refractivity contribution < 1.29 is 14.8 Å². The van der Waals surface area contributed by atoms with Crippen molar-refractivity contribution in [2.24, 2.45) is 0 Å². The van der Waals surface area contributed by atoms with Crippen molar-refractivity contribution in [1.82, 2.24) is 4.98 Å². The summed E-state index contributed by atoms with van der Waals surface area (Å²) in [4.78, 5) is 25.7. The molecule has 2 rings (SSSR count). The topological polar surface area (TPSA) is 93.3 Å². The molecule has 0 unspecified atom stereocenters. The average Bonchev–Trinajstić information content (AvgIpc) is 2.37. The summed E-state index contributed by atoms with van der Waals surface area (Å²) < 4.78 is 0. The van der Waals surface area contributed by atoms with Gasteiger partial charge in [0.25, 0.3) is 5.69 Å². The Morgan fingerprint density at radius 2 is 2.21 bits per heavy atom. The van der Waals surface area contributed by atoms with Gasteiger partial charge < -0.3 is 5.11 Å². The highest BCUT2D eigenvalue weighted by atomic mass is 32.2.